The van der Waals surface area contributed by atoms with Crippen molar-refractivity contribution in [1.82, 2.24) is 24.7 Å². The summed E-state index contributed by atoms with van der Waals surface area (Å²) < 4.78 is 21.5. The van der Waals surface area contributed by atoms with Gasteiger partial charge in [-0.25, -0.2) is 19.3 Å². The fourth-order valence-corrected chi connectivity index (χ4v) is 4.79. The lowest BCUT2D eigenvalue weighted by atomic mass is 10.1. The summed E-state index contributed by atoms with van der Waals surface area (Å²) in [5.41, 5.74) is 4.09. The van der Waals surface area contributed by atoms with Crippen molar-refractivity contribution in [2.45, 2.75) is 39.8 Å². The number of imidazole rings is 1. The SMILES string of the molecule is COc1nc2c(N3C[C@@H](C)N[C@H](C)C3)ccc(C(=O)Nc3cc(F)c4nc(C)cn4c3)c2nc1C. The van der Waals surface area contributed by atoms with E-state index in [4.69, 9.17) is 14.7 Å². The lowest BCUT2D eigenvalue weighted by Crippen LogP contribution is -2.54. The van der Waals surface area contributed by atoms with Crippen LogP contribution < -0.4 is 20.3 Å². The molecule has 5 rings (SSSR count). The number of benzene rings is 1. The summed E-state index contributed by atoms with van der Waals surface area (Å²) in [6.07, 6.45) is 3.34. The van der Waals surface area contributed by atoms with Crippen LogP contribution in [0.15, 0.2) is 30.6 Å². The summed E-state index contributed by atoms with van der Waals surface area (Å²) in [4.78, 5) is 29.2. The molecule has 2 atom stereocenters. The number of methoxy groups -OCH3 is 1. The molecule has 0 aliphatic carbocycles. The Labute approximate surface area is 202 Å². The highest BCUT2D eigenvalue weighted by atomic mass is 19.1. The smallest absolute Gasteiger partial charge is 0.257 e. The molecule has 9 nitrogen and oxygen atoms in total. The second kappa shape index (κ2) is 8.77. The Morgan fingerprint density at radius 2 is 1.86 bits per heavy atom. The van der Waals surface area contributed by atoms with Gasteiger partial charge in [-0.1, -0.05) is 0 Å². The Balaban J connectivity index is 1.57. The van der Waals surface area contributed by atoms with Gasteiger partial charge < -0.3 is 24.7 Å². The van der Waals surface area contributed by atoms with Crippen molar-refractivity contribution in [3.63, 3.8) is 0 Å². The second-order valence-electron chi connectivity index (χ2n) is 9.17. The van der Waals surface area contributed by atoms with Gasteiger partial charge in [0.05, 0.1) is 29.7 Å². The summed E-state index contributed by atoms with van der Waals surface area (Å²) in [6, 6.07) is 5.51. The number of anilines is 2. The van der Waals surface area contributed by atoms with Crippen LogP contribution in [0.1, 0.15) is 35.6 Å². The van der Waals surface area contributed by atoms with Crippen LogP contribution in [-0.4, -0.2) is 57.5 Å². The molecule has 0 saturated carbocycles. The van der Waals surface area contributed by atoms with Gasteiger partial charge in [0, 0.05) is 43.6 Å². The third-order valence-electron chi connectivity index (χ3n) is 6.15. The van der Waals surface area contributed by atoms with Gasteiger partial charge >= 0.3 is 0 Å². The number of halogens is 1. The fourth-order valence-electron chi connectivity index (χ4n) is 4.79. The van der Waals surface area contributed by atoms with Gasteiger partial charge in [0.2, 0.25) is 5.88 Å². The molecule has 1 aliphatic heterocycles. The first-order valence-electron chi connectivity index (χ1n) is 11.6. The number of nitrogens with one attached hydrogen (secondary N) is 2. The number of rotatable bonds is 4. The number of fused-ring (bicyclic) bond motifs is 2. The summed E-state index contributed by atoms with van der Waals surface area (Å²) in [7, 11) is 1.55. The highest BCUT2D eigenvalue weighted by molar-refractivity contribution is 6.13. The standard InChI is InChI=1S/C25H28FN7O2/c1-13-9-32(10-14(2)27-13)20-7-6-18(21-22(20)31-25(35-5)16(4)29-21)24(34)30-17-8-19(26)23-28-15(3)11-33(23)12-17/h6-8,11-14,27H,9-10H2,1-5H3,(H,30,34)/t13-,14-/m1/s1. The number of aromatic nitrogens is 4. The maximum atomic E-state index is 14.5. The van der Waals surface area contributed by atoms with E-state index >= 15 is 0 Å². The first kappa shape index (κ1) is 23.0. The largest absolute Gasteiger partial charge is 0.480 e. The Hall–Kier alpha value is -3.79. The molecule has 182 valence electrons. The van der Waals surface area contributed by atoms with Crippen LogP contribution >= 0.6 is 0 Å². The number of carbonyl (C=O) groups is 1. The lowest BCUT2D eigenvalue weighted by molar-refractivity contribution is 0.102. The number of amides is 1. The Morgan fingerprint density at radius 3 is 2.57 bits per heavy atom. The first-order valence-corrected chi connectivity index (χ1v) is 11.6. The molecule has 10 heteroatoms. The van der Waals surface area contributed by atoms with Crippen LogP contribution in [0.5, 0.6) is 5.88 Å². The van der Waals surface area contributed by atoms with Gasteiger partial charge in [-0.3, -0.25) is 4.79 Å². The number of aryl methyl sites for hydroxylation is 2. The third kappa shape index (κ3) is 4.25. The number of pyridine rings is 1. The lowest BCUT2D eigenvalue weighted by Gasteiger charge is -2.38. The predicted octanol–water partition coefficient (Wildman–Crippen LogP) is 3.48. The normalized spacial score (nSPS) is 18.3. The molecule has 4 aromatic rings. The average molecular weight is 478 g/mol. The van der Waals surface area contributed by atoms with Crippen molar-refractivity contribution in [3.8, 4) is 5.88 Å². The number of ether oxygens (including phenoxy) is 1. The molecule has 0 bridgehead atoms. The molecule has 4 heterocycles. The third-order valence-corrected chi connectivity index (χ3v) is 6.15. The van der Waals surface area contributed by atoms with Crippen molar-refractivity contribution in [1.29, 1.82) is 0 Å². The van der Waals surface area contributed by atoms with Crippen molar-refractivity contribution in [2.75, 3.05) is 30.4 Å². The molecule has 1 aromatic carbocycles. The van der Waals surface area contributed by atoms with E-state index in [9.17, 15) is 9.18 Å². The van der Waals surface area contributed by atoms with Gasteiger partial charge in [0.15, 0.2) is 11.5 Å². The van der Waals surface area contributed by atoms with Crippen LogP contribution in [0, 0.1) is 19.7 Å². The maximum absolute atomic E-state index is 14.5. The van der Waals surface area contributed by atoms with E-state index in [1.165, 1.54) is 6.07 Å². The van der Waals surface area contributed by atoms with E-state index in [0.29, 0.717) is 51.6 Å². The number of nitrogens with zero attached hydrogens (tertiary/aromatic N) is 5. The Kier molecular flexibility index (Phi) is 5.76. The Bertz CT molecular complexity index is 1440. The second-order valence-corrected chi connectivity index (χ2v) is 9.17. The summed E-state index contributed by atoms with van der Waals surface area (Å²) in [5.74, 6) is -0.507. The van der Waals surface area contributed by atoms with Crippen molar-refractivity contribution in [2.24, 2.45) is 0 Å². The highest BCUT2D eigenvalue weighted by Gasteiger charge is 2.26. The van der Waals surface area contributed by atoms with Crippen LogP contribution in [-0.2, 0) is 0 Å². The molecule has 1 saturated heterocycles. The summed E-state index contributed by atoms with van der Waals surface area (Å²) >= 11 is 0. The number of piperazine rings is 1. The topological polar surface area (TPSA) is 96.7 Å². The number of carbonyl (C=O) groups excluding carboxylic acids is 1. The predicted molar refractivity (Wildman–Crippen MR) is 133 cm³/mol. The quantitative estimate of drug-likeness (QED) is 0.465. The van der Waals surface area contributed by atoms with E-state index in [-0.39, 0.29) is 5.65 Å². The Morgan fingerprint density at radius 1 is 1.11 bits per heavy atom. The van der Waals surface area contributed by atoms with Crippen molar-refractivity contribution in [3.05, 3.63) is 53.4 Å². The molecule has 2 N–H and O–H groups in total. The minimum atomic E-state index is -0.515. The molecule has 3 aromatic heterocycles. The van der Waals surface area contributed by atoms with Crippen LogP contribution in [0.4, 0.5) is 15.8 Å². The highest BCUT2D eigenvalue weighted by Crippen LogP contribution is 2.31. The summed E-state index contributed by atoms with van der Waals surface area (Å²) in [6.45, 7) is 9.45. The molecule has 0 radical (unpaired) electrons. The van der Waals surface area contributed by atoms with Crippen molar-refractivity contribution >= 4 is 34.0 Å². The molecular weight excluding hydrogens is 449 g/mol. The van der Waals surface area contributed by atoms with Gasteiger partial charge in [0.25, 0.3) is 5.91 Å². The van der Waals surface area contributed by atoms with Crippen LogP contribution in [0.2, 0.25) is 0 Å². The van der Waals surface area contributed by atoms with Crippen LogP contribution in [0.3, 0.4) is 0 Å². The molecule has 0 spiro atoms. The molecular formula is C25H28FN7O2. The monoisotopic (exact) mass is 477 g/mol. The van der Waals surface area contributed by atoms with Crippen LogP contribution in [0.25, 0.3) is 16.7 Å². The minimum Gasteiger partial charge on any atom is -0.480 e. The summed E-state index contributed by atoms with van der Waals surface area (Å²) in [5, 5.41) is 6.33. The van der Waals surface area contributed by atoms with E-state index < -0.39 is 11.7 Å². The fraction of sp³-hybridized carbons (Fsp3) is 0.360. The molecule has 1 fully saturated rings. The van der Waals surface area contributed by atoms with E-state index in [2.05, 4.69) is 34.4 Å². The van der Waals surface area contributed by atoms with E-state index in [1.807, 2.05) is 6.07 Å². The first-order chi connectivity index (χ1) is 16.7. The van der Waals surface area contributed by atoms with Crippen molar-refractivity contribution < 1.29 is 13.9 Å². The van der Waals surface area contributed by atoms with Gasteiger partial charge in [-0.15, -0.1) is 0 Å². The molecule has 0 unspecified atom stereocenters. The van der Waals surface area contributed by atoms with E-state index in [1.54, 1.807) is 43.8 Å². The van der Waals surface area contributed by atoms with Gasteiger partial charge in [-0.05, 0) is 39.8 Å². The maximum Gasteiger partial charge on any atom is 0.257 e. The molecule has 1 aliphatic rings. The zero-order valence-electron chi connectivity index (χ0n) is 20.4. The minimum absolute atomic E-state index is 0.211. The molecule has 35 heavy (non-hydrogen) atoms. The van der Waals surface area contributed by atoms with Gasteiger partial charge in [-0.2, -0.15) is 0 Å². The van der Waals surface area contributed by atoms with E-state index in [0.717, 1.165) is 18.8 Å². The van der Waals surface area contributed by atoms with Gasteiger partial charge in [0.1, 0.15) is 16.7 Å². The zero-order chi connectivity index (χ0) is 24.9. The molecule has 1 amide bonds. The number of hydrogen-bond donors (Lipinski definition) is 2. The average Bonchev–Trinajstić information content (AvgIpc) is 3.18. The number of hydrogen-bond acceptors (Lipinski definition) is 7. The zero-order valence-corrected chi connectivity index (χ0v) is 20.4.